The van der Waals surface area contributed by atoms with Crippen LogP contribution in [0.2, 0.25) is 0 Å². The van der Waals surface area contributed by atoms with Crippen molar-refractivity contribution < 1.29 is 15.0 Å². The first-order valence-electron chi connectivity index (χ1n) is 6.25. The van der Waals surface area contributed by atoms with E-state index in [2.05, 4.69) is 5.32 Å². The minimum Gasteiger partial charge on any atom is -0.480 e. The van der Waals surface area contributed by atoms with E-state index in [1.165, 1.54) is 0 Å². The van der Waals surface area contributed by atoms with Gasteiger partial charge in [-0.1, -0.05) is 18.2 Å². The minimum atomic E-state index is -0.857. The number of nitrogens with zero attached hydrogens (tertiary/aromatic N) is 1. The van der Waals surface area contributed by atoms with E-state index in [4.69, 9.17) is 5.11 Å². The van der Waals surface area contributed by atoms with Crippen molar-refractivity contribution in [3.8, 4) is 0 Å². The predicted molar refractivity (Wildman–Crippen MR) is 73.0 cm³/mol. The Labute approximate surface area is 111 Å². The number of benzene rings is 1. The molecule has 2 rings (SSSR count). The van der Waals surface area contributed by atoms with Crippen LogP contribution in [0.3, 0.4) is 0 Å². The summed E-state index contributed by atoms with van der Waals surface area (Å²) in [5, 5.41) is 22.3. The van der Waals surface area contributed by atoms with Gasteiger partial charge in [-0.25, -0.2) is 0 Å². The monoisotopic (exact) mass is 262 g/mol. The lowest BCUT2D eigenvalue weighted by atomic mass is 10.2. The number of hydrogen-bond donors (Lipinski definition) is 3. The summed E-state index contributed by atoms with van der Waals surface area (Å²) in [6, 6.07) is 7.73. The van der Waals surface area contributed by atoms with Gasteiger partial charge in [0, 0.05) is 30.2 Å². The maximum atomic E-state index is 10.9. The largest absolute Gasteiger partial charge is 0.480 e. The van der Waals surface area contributed by atoms with Crippen LogP contribution in [0.1, 0.15) is 12.5 Å². The fourth-order valence-corrected chi connectivity index (χ4v) is 2.16. The van der Waals surface area contributed by atoms with Crippen molar-refractivity contribution in [2.75, 3.05) is 6.54 Å². The zero-order valence-electron chi connectivity index (χ0n) is 10.8. The van der Waals surface area contributed by atoms with Crippen molar-refractivity contribution in [3.63, 3.8) is 0 Å². The van der Waals surface area contributed by atoms with Crippen LogP contribution in [0.4, 0.5) is 0 Å². The van der Waals surface area contributed by atoms with Gasteiger partial charge in [-0.3, -0.25) is 4.79 Å². The highest BCUT2D eigenvalue weighted by Crippen LogP contribution is 2.21. The number of aliphatic hydroxyl groups is 1. The van der Waals surface area contributed by atoms with Gasteiger partial charge in [0.25, 0.3) is 0 Å². The van der Waals surface area contributed by atoms with Gasteiger partial charge in [-0.15, -0.1) is 0 Å². The highest BCUT2D eigenvalue weighted by Gasteiger charge is 2.10. The van der Waals surface area contributed by atoms with Crippen molar-refractivity contribution in [3.05, 3.63) is 36.0 Å². The third kappa shape index (κ3) is 3.33. The Hall–Kier alpha value is -1.85. The molecule has 0 aliphatic heterocycles. The van der Waals surface area contributed by atoms with Crippen molar-refractivity contribution in [1.29, 1.82) is 0 Å². The summed E-state index contributed by atoms with van der Waals surface area (Å²) >= 11 is 0. The van der Waals surface area contributed by atoms with Crippen LogP contribution in [0.15, 0.2) is 30.5 Å². The number of aliphatic carboxylic acids is 1. The second-order valence-corrected chi connectivity index (χ2v) is 4.67. The van der Waals surface area contributed by atoms with E-state index in [1.807, 2.05) is 30.5 Å². The summed E-state index contributed by atoms with van der Waals surface area (Å²) in [6.45, 7) is 2.80. The number of aromatic nitrogens is 1. The number of carbonyl (C=O) groups is 1. The molecule has 3 N–H and O–H groups in total. The molecule has 0 bridgehead atoms. The number of fused-ring (bicyclic) bond motifs is 1. The van der Waals surface area contributed by atoms with Crippen LogP contribution in [-0.2, 0) is 17.9 Å². The SMILES string of the molecule is CC(O)CNCc1cn(CC(=O)O)c2ccccc12. The van der Waals surface area contributed by atoms with Crippen molar-refractivity contribution in [2.24, 2.45) is 0 Å². The van der Waals surface area contributed by atoms with Gasteiger partial charge >= 0.3 is 5.97 Å². The molecule has 1 atom stereocenters. The molecule has 2 aromatic rings. The zero-order valence-corrected chi connectivity index (χ0v) is 10.8. The molecule has 5 heteroatoms. The fraction of sp³-hybridized carbons (Fsp3) is 0.357. The molecule has 5 nitrogen and oxygen atoms in total. The topological polar surface area (TPSA) is 74.5 Å². The first-order valence-corrected chi connectivity index (χ1v) is 6.25. The maximum absolute atomic E-state index is 10.9. The van der Waals surface area contributed by atoms with E-state index in [0.29, 0.717) is 13.1 Å². The van der Waals surface area contributed by atoms with Crippen LogP contribution < -0.4 is 5.32 Å². The Morgan fingerprint density at radius 2 is 2.16 bits per heavy atom. The summed E-state index contributed by atoms with van der Waals surface area (Å²) in [5.41, 5.74) is 1.95. The molecule has 19 heavy (non-hydrogen) atoms. The number of carboxylic acid groups (broad SMARTS) is 1. The van der Waals surface area contributed by atoms with E-state index in [0.717, 1.165) is 16.5 Å². The van der Waals surface area contributed by atoms with E-state index in [9.17, 15) is 9.90 Å². The molecule has 1 aromatic carbocycles. The number of rotatable bonds is 6. The molecule has 0 aliphatic carbocycles. The molecule has 1 unspecified atom stereocenters. The predicted octanol–water partition coefficient (Wildman–Crippen LogP) is 1.20. The van der Waals surface area contributed by atoms with Gasteiger partial charge in [0.15, 0.2) is 0 Å². The summed E-state index contributed by atoms with van der Waals surface area (Å²) in [4.78, 5) is 10.9. The Morgan fingerprint density at radius 3 is 2.84 bits per heavy atom. The minimum absolute atomic E-state index is 0.0447. The van der Waals surface area contributed by atoms with Gasteiger partial charge in [0.05, 0.1) is 6.10 Å². The summed E-state index contributed by atoms with van der Waals surface area (Å²) in [5.74, 6) is -0.857. The summed E-state index contributed by atoms with van der Waals surface area (Å²) in [7, 11) is 0. The molecule has 0 amide bonds. The molecule has 1 heterocycles. The van der Waals surface area contributed by atoms with E-state index in [1.54, 1.807) is 11.5 Å². The van der Waals surface area contributed by atoms with Gasteiger partial charge in [-0.2, -0.15) is 0 Å². The van der Waals surface area contributed by atoms with E-state index in [-0.39, 0.29) is 6.54 Å². The van der Waals surface area contributed by atoms with E-state index < -0.39 is 12.1 Å². The smallest absolute Gasteiger partial charge is 0.323 e. The normalized spacial score (nSPS) is 12.7. The number of aliphatic hydroxyl groups excluding tert-OH is 1. The Morgan fingerprint density at radius 1 is 1.42 bits per heavy atom. The quantitative estimate of drug-likeness (QED) is 0.731. The number of para-hydroxylation sites is 1. The number of hydrogen-bond acceptors (Lipinski definition) is 3. The molecule has 0 fully saturated rings. The standard InChI is InChI=1S/C14H18N2O3/c1-10(17)6-15-7-11-8-16(9-14(18)19)13-5-3-2-4-12(11)13/h2-5,8,10,15,17H,6-7,9H2,1H3,(H,18,19). The Balaban J connectivity index is 2.25. The van der Waals surface area contributed by atoms with Crippen LogP contribution in [0.5, 0.6) is 0 Å². The molecule has 102 valence electrons. The first-order chi connectivity index (χ1) is 9.08. The molecule has 1 aromatic heterocycles. The Bertz CT molecular complexity index is 575. The van der Waals surface area contributed by atoms with Gasteiger partial charge in [-0.05, 0) is 18.6 Å². The fourth-order valence-electron chi connectivity index (χ4n) is 2.16. The first kappa shape index (κ1) is 13.6. The molecule has 0 radical (unpaired) electrons. The van der Waals surface area contributed by atoms with Crippen LogP contribution >= 0.6 is 0 Å². The van der Waals surface area contributed by atoms with Crippen molar-refractivity contribution in [1.82, 2.24) is 9.88 Å². The molecule has 0 saturated carbocycles. The third-order valence-electron chi connectivity index (χ3n) is 2.93. The van der Waals surface area contributed by atoms with Crippen LogP contribution in [0, 0.1) is 0 Å². The molecular weight excluding hydrogens is 244 g/mol. The highest BCUT2D eigenvalue weighted by molar-refractivity contribution is 5.85. The van der Waals surface area contributed by atoms with Gasteiger partial charge in [0.1, 0.15) is 6.54 Å². The maximum Gasteiger partial charge on any atom is 0.323 e. The number of nitrogens with one attached hydrogen (secondary N) is 1. The molecule has 0 aliphatic rings. The van der Waals surface area contributed by atoms with Crippen molar-refractivity contribution >= 4 is 16.9 Å². The summed E-state index contributed by atoms with van der Waals surface area (Å²) < 4.78 is 1.73. The second-order valence-electron chi connectivity index (χ2n) is 4.67. The van der Waals surface area contributed by atoms with Crippen molar-refractivity contribution in [2.45, 2.75) is 26.1 Å². The average molecular weight is 262 g/mol. The third-order valence-corrected chi connectivity index (χ3v) is 2.93. The van der Waals surface area contributed by atoms with Gasteiger partial charge < -0.3 is 20.1 Å². The summed E-state index contributed by atoms with van der Waals surface area (Å²) in [6.07, 6.45) is 1.46. The highest BCUT2D eigenvalue weighted by atomic mass is 16.4. The lowest BCUT2D eigenvalue weighted by Gasteiger charge is -2.05. The van der Waals surface area contributed by atoms with E-state index >= 15 is 0 Å². The second kappa shape index (κ2) is 5.86. The molecular formula is C14H18N2O3. The average Bonchev–Trinajstić information content (AvgIpc) is 2.67. The van der Waals surface area contributed by atoms with Crippen LogP contribution in [0.25, 0.3) is 10.9 Å². The zero-order chi connectivity index (χ0) is 13.8. The van der Waals surface area contributed by atoms with Crippen LogP contribution in [-0.4, -0.2) is 33.4 Å². The Kier molecular flexibility index (Phi) is 4.19. The van der Waals surface area contributed by atoms with Gasteiger partial charge in [0.2, 0.25) is 0 Å². The lowest BCUT2D eigenvalue weighted by Crippen LogP contribution is -2.23. The molecule has 0 saturated heterocycles. The number of carboxylic acids is 1. The molecule has 0 spiro atoms. The lowest BCUT2D eigenvalue weighted by molar-refractivity contribution is -0.137.